The molecule has 2 aromatic rings. The highest BCUT2D eigenvalue weighted by Gasteiger charge is 2.37. The molecule has 0 spiro atoms. The molecule has 2 heterocycles. The molecule has 2 aromatic carbocycles. The van der Waals surface area contributed by atoms with Gasteiger partial charge in [-0.3, -0.25) is 19.3 Å². The highest BCUT2D eigenvalue weighted by Crippen LogP contribution is 2.41. The van der Waals surface area contributed by atoms with Crippen LogP contribution in [0.25, 0.3) is 11.6 Å². The first-order valence-electron chi connectivity index (χ1n) is 11.4. The Morgan fingerprint density at radius 2 is 1.91 bits per heavy atom. The number of anilines is 2. The van der Waals surface area contributed by atoms with Crippen LogP contribution in [0.15, 0.2) is 47.4 Å². The van der Waals surface area contributed by atoms with Crippen molar-refractivity contribution in [3.63, 3.8) is 0 Å². The third-order valence-electron chi connectivity index (χ3n) is 6.25. The molecular weight excluding hydrogens is 482 g/mol. The molecule has 8 heteroatoms. The number of aryl methyl sites for hydroxylation is 1. The van der Waals surface area contributed by atoms with Gasteiger partial charge in [-0.25, -0.2) is 0 Å². The number of fused-ring (bicyclic) bond motifs is 1. The van der Waals surface area contributed by atoms with Gasteiger partial charge in [0, 0.05) is 28.5 Å². The Morgan fingerprint density at radius 1 is 1.17 bits per heavy atom. The lowest BCUT2D eigenvalue weighted by Crippen LogP contribution is -2.44. The number of nitrogens with zero attached hydrogens (tertiary/aromatic N) is 2. The van der Waals surface area contributed by atoms with E-state index in [0.29, 0.717) is 15.6 Å². The lowest BCUT2D eigenvalue weighted by Gasteiger charge is -2.43. The highest BCUT2D eigenvalue weighted by atomic mass is 35.5. The average molecular weight is 510 g/mol. The van der Waals surface area contributed by atoms with E-state index in [2.05, 4.69) is 56.1 Å². The maximum absolute atomic E-state index is 13.0. The summed E-state index contributed by atoms with van der Waals surface area (Å²) in [5, 5.41) is 2.69. The number of likely N-dealkylation sites (N-methyl/N-ethyl adjacent to an activating group) is 1. The molecule has 0 atom stereocenters. The lowest BCUT2D eigenvalue weighted by atomic mass is 9.87. The van der Waals surface area contributed by atoms with Crippen molar-refractivity contribution in [2.75, 3.05) is 23.3 Å². The molecule has 0 bridgehead atoms. The van der Waals surface area contributed by atoms with Gasteiger partial charge in [-0.1, -0.05) is 23.7 Å². The summed E-state index contributed by atoms with van der Waals surface area (Å²) in [6.07, 6.45) is 4.00. The highest BCUT2D eigenvalue weighted by molar-refractivity contribution is 8.18. The Hall–Kier alpha value is -3.03. The summed E-state index contributed by atoms with van der Waals surface area (Å²) in [5.41, 5.74) is 5.76. The van der Waals surface area contributed by atoms with Crippen LogP contribution in [0.3, 0.4) is 0 Å². The number of halogens is 1. The van der Waals surface area contributed by atoms with Crippen molar-refractivity contribution in [2.45, 2.75) is 40.2 Å². The van der Waals surface area contributed by atoms with Crippen molar-refractivity contribution >= 4 is 63.4 Å². The molecule has 0 unspecified atom stereocenters. The molecule has 182 valence electrons. The van der Waals surface area contributed by atoms with Crippen LogP contribution in [0, 0.1) is 6.92 Å². The quantitative estimate of drug-likeness (QED) is 0.476. The number of allylic oxidation sites excluding steroid dienone is 1. The predicted octanol–water partition coefficient (Wildman–Crippen LogP) is 6.35. The van der Waals surface area contributed by atoms with E-state index in [9.17, 15) is 14.4 Å². The van der Waals surface area contributed by atoms with Gasteiger partial charge in [0.1, 0.15) is 6.54 Å². The average Bonchev–Trinajstić information content (AvgIpc) is 3.02. The molecule has 0 aliphatic carbocycles. The summed E-state index contributed by atoms with van der Waals surface area (Å²) in [6.45, 7) is 11.2. The fourth-order valence-electron chi connectivity index (χ4n) is 4.67. The molecule has 4 rings (SSSR count). The minimum Gasteiger partial charge on any atom is -0.363 e. The smallest absolute Gasteiger partial charge is 0.294 e. The van der Waals surface area contributed by atoms with E-state index in [1.165, 1.54) is 5.57 Å². The Morgan fingerprint density at radius 3 is 2.60 bits per heavy atom. The molecule has 0 aromatic heterocycles. The van der Waals surface area contributed by atoms with E-state index >= 15 is 0 Å². The lowest BCUT2D eigenvalue weighted by molar-refractivity contribution is -0.127. The molecule has 3 amide bonds. The number of hydrogen-bond acceptors (Lipinski definition) is 5. The number of thioether (sulfide) groups is 1. The number of rotatable bonds is 5. The molecule has 2 aliphatic heterocycles. The number of carbonyl (C=O) groups excluding carboxylic acids is 3. The summed E-state index contributed by atoms with van der Waals surface area (Å²) >= 11 is 6.80. The normalized spacial score (nSPS) is 18.1. The number of nitrogens with one attached hydrogen (secondary N) is 1. The predicted molar refractivity (Wildman–Crippen MR) is 145 cm³/mol. The van der Waals surface area contributed by atoms with Crippen molar-refractivity contribution in [1.29, 1.82) is 0 Å². The molecular formula is C27H28ClN3O3S. The first kappa shape index (κ1) is 25.1. The van der Waals surface area contributed by atoms with Gasteiger partial charge in [0.25, 0.3) is 11.1 Å². The van der Waals surface area contributed by atoms with E-state index in [4.69, 9.17) is 11.6 Å². The molecule has 35 heavy (non-hydrogen) atoms. The minimum atomic E-state index is -0.470. The molecule has 0 saturated carbocycles. The third kappa shape index (κ3) is 5.02. The number of imide groups is 1. The first-order chi connectivity index (χ1) is 16.5. The molecule has 1 fully saturated rings. The SMILES string of the molecule is CCN1c2cc(C)c(/C=C3/SC(=O)N(CC(=O)Nc4cccc(Cl)c4)C3=O)cc2C(C)=CC1(C)C. The molecule has 2 aliphatic rings. The molecule has 1 saturated heterocycles. The summed E-state index contributed by atoms with van der Waals surface area (Å²) in [4.78, 5) is 41.7. The van der Waals surface area contributed by atoms with Crippen LogP contribution in [0.4, 0.5) is 16.2 Å². The van der Waals surface area contributed by atoms with Gasteiger partial charge in [0.15, 0.2) is 0 Å². The summed E-state index contributed by atoms with van der Waals surface area (Å²) < 4.78 is 0. The Kier molecular flexibility index (Phi) is 6.84. The molecule has 0 radical (unpaired) electrons. The number of benzene rings is 2. The van der Waals surface area contributed by atoms with Crippen LogP contribution in [0.1, 0.15) is 44.4 Å². The standard InChI is InChI=1S/C27H28ClN3O3S/c1-6-31-22-10-16(2)18(11-21(22)17(3)14-27(31,4)5)12-23-25(33)30(26(34)35-23)15-24(32)29-20-9-7-8-19(28)13-20/h7-14H,6,15H2,1-5H3,(H,29,32)/b23-12+. The summed E-state index contributed by atoms with van der Waals surface area (Å²) in [6, 6.07) is 10.9. The van der Waals surface area contributed by atoms with Gasteiger partial charge in [-0.05, 0) is 99.5 Å². The number of carbonyl (C=O) groups is 3. The summed E-state index contributed by atoms with van der Waals surface area (Å²) in [7, 11) is 0. The van der Waals surface area contributed by atoms with Crippen LogP contribution >= 0.6 is 23.4 Å². The van der Waals surface area contributed by atoms with E-state index in [1.807, 2.05) is 6.92 Å². The Balaban J connectivity index is 1.57. The molecule has 6 nitrogen and oxygen atoms in total. The zero-order valence-corrected chi connectivity index (χ0v) is 22.0. The second kappa shape index (κ2) is 9.55. The van der Waals surface area contributed by atoms with Gasteiger partial charge in [-0.15, -0.1) is 0 Å². The Bertz CT molecular complexity index is 1300. The first-order valence-corrected chi connectivity index (χ1v) is 12.6. The Labute approximate surface area is 215 Å². The van der Waals surface area contributed by atoms with Gasteiger partial charge in [-0.2, -0.15) is 0 Å². The van der Waals surface area contributed by atoms with E-state index in [-0.39, 0.29) is 12.1 Å². The zero-order chi connectivity index (χ0) is 25.5. The second-order valence-electron chi connectivity index (χ2n) is 9.28. The van der Waals surface area contributed by atoms with Gasteiger partial charge >= 0.3 is 0 Å². The van der Waals surface area contributed by atoms with E-state index < -0.39 is 17.1 Å². The van der Waals surface area contributed by atoms with Gasteiger partial charge in [0.05, 0.1) is 10.4 Å². The van der Waals surface area contributed by atoms with Crippen molar-refractivity contribution < 1.29 is 14.4 Å². The zero-order valence-electron chi connectivity index (χ0n) is 20.4. The van der Waals surface area contributed by atoms with E-state index in [0.717, 1.165) is 45.6 Å². The maximum atomic E-state index is 13.0. The van der Waals surface area contributed by atoms with Crippen molar-refractivity contribution in [2.24, 2.45) is 0 Å². The van der Waals surface area contributed by atoms with Crippen LogP contribution in [-0.4, -0.2) is 40.6 Å². The van der Waals surface area contributed by atoms with Crippen LogP contribution in [0.2, 0.25) is 5.02 Å². The maximum Gasteiger partial charge on any atom is 0.294 e. The van der Waals surface area contributed by atoms with Crippen LogP contribution < -0.4 is 10.2 Å². The molecule has 1 N–H and O–H groups in total. The van der Waals surface area contributed by atoms with Crippen molar-refractivity contribution in [1.82, 2.24) is 4.90 Å². The van der Waals surface area contributed by atoms with Crippen molar-refractivity contribution in [3.8, 4) is 0 Å². The fourth-order valence-corrected chi connectivity index (χ4v) is 5.69. The number of amides is 3. The van der Waals surface area contributed by atoms with Gasteiger partial charge in [0.2, 0.25) is 5.91 Å². The number of hydrogen-bond donors (Lipinski definition) is 1. The summed E-state index contributed by atoms with van der Waals surface area (Å²) in [5.74, 6) is -0.939. The minimum absolute atomic E-state index is 0.0892. The van der Waals surface area contributed by atoms with Crippen LogP contribution in [-0.2, 0) is 9.59 Å². The van der Waals surface area contributed by atoms with Crippen LogP contribution in [0.5, 0.6) is 0 Å². The monoisotopic (exact) mass is 509 g/mol. The van der Waals surface area contributed by atoms with Crippen molar-refractivity contribution in [3.05, 3.63) is 69.1 Å². The van der Waals surface area contributed by atoms with E-state index in [1.54, 1.807) is 30.3 Å². The third-order valence-corrected chi connectivity index (χ3v) is 7.39. The van der Waals surface area contributed by atoms with Gasteiger partial charge < -0.3 is 10.2 Å². The second-order valence-corrected chi connectivity index (χ2v) is 10.7. The fraction of sp³-hybridized carbons (Fsp3) is 0.296. The topological polar surface area (TPSA) is 69.7 Å². The largest absolute Gasteiger partial charge is 0.363 e.